The standard InChI is InChI=1S/C19H21ClFN3O3/c1-19(2,3)27-18(26)15-4-5-16-23-10-14(17(25)24(15)16)22-9-11-6-12(20)8-13(21)7-11/h6-8,10,15,22H,4-5,9H2,1-3H3/t15-/m0/s1. The van der Waals surface area contributed by atoms with Crippen LogP contribution in [0.4, 0.5) is 10.1 Å². The van der Waals surface area contributed by atoms with E-state index < -0.39 is 23.4 Å². The second kappa shape index (κ2) is 7.31. The van der Waals surface area contributed by atoms with Crippen LogP contribution in [0, 0.1) is 5.82 Å². The second-order valence-electron chi connectivity index (χ2n) is 7.48. The van der Waals surface area contributed by atoms with Crippen LogP contribution in [-0.4, -0.2) is 21.1 Å². The number of esters is 1. The number of anilines is 1. The van der Waals surface area contributed by atoms with Gasteiger partial charge < -0.3 is 10.1 Å². The lowest BCUT2D eigenvalue weighted by molar-refractivity contribution is -0.158. The maximum Gasteiger partial charge on any atom is 0.329 e. The molecular weight excluding hydrogens is 373 g/mol. The lowest BCUT2D eigenvalue weighted by Crippen LogP contribution is -2.34. The van der Waals surface area contributed by atoms with Gasteiger partial charge in [-0.3, -0.25) is 9.36 Å². The summed E-state index contributed by atoms with van der Waals surface area (Å²) >= 11 is 5.85. The lowest BCUT2D eigenvalue weighted by Gasteiger charge is -2.23. The molecule has 0 saturated carbocycles. The van der Waals surface area contributed by atoms with E-state index >= 15 is 0 Å². The summed E-state index contributed by atoms with van der Waals surface area (Å²) in [5.41, 5.74) is -0.164. The molecule has 27 heavy (non-hydrogen) atoms. The van der Waals surface area contributed by atoms with Crippen molar-refractivity contribution < 1.29 is 13.9 Å². The van der Waals surface area contributed by atoms with E-state index in [1.54, 1.807) is 26.8 Å². The minimum Gasteiger partial charge on any atom is -0.458 e. The average Bonchev–Trinajstić information content (AvgIpc) is 2.97. The number of hydrogen-bond donors (Lipinski definition) is 1. The molecule has 6 nitrogen and oxygen atoms in total. The van der Waals surface area contributed by atoms with Crippen molar-refractivity contribution >= 4 is 23.3 Å². The fourth-order valence-electron chi connectivity index (χ4n) is 3.03. The van der Waals surface area contributed by atoms with Crippen LogP contribution in [0.25, 0.3) is 0 Å². The zero-order chi connectivity index (χ0) is 19.8. The SMILES string of the molecule is CC(C)(C)OC(=O)[C@@H]1CCc2ncc(NCc3cc(F)cc(Cl)c3)c(=O)n21. The summed E-state index contributed by atoms with van der Waals surface area (Å²) in [5, 5.41) is 3.23. The fourth-order valence-corrected chi connectivity index (χ4v) is 3.27. The predicted molar refractivity (Wildman–Crippen MR) is 100 cm³/mol. The van der Waals surface area contributed by atoms with E-state index in [-0.39, 0.29) is 22.8 Å². The quantitative estimate of drug-likeness (QED) is 0.805. The first-order chi connectivity index (χ1) is 12.6. The number of rotatable bonds is 4. The molecule has 2 heterocycles. The molecule has 0 radical (unpaired) electrons. The van der Waals surface area contributed by atoms with E-state index in [1.165, 1.54) is 22.9 Å². The monoisotopic (exact) mass is 393 g/mol. The molecule has 2 aromatic rings. The Hall–Kier alpha value is -2.41. The molecule has 0 bridgehead atoms. The Morgan fingerprint density at radius 3 is 2.81 bits per heavy atom. The van der Waals surface area contributed by atoms with Crippen LogP contribution in [-0.2, 0) is 22.5 Å². The normalized spacial score (nSPS) is 16.1. The van der Waals surface area contributed by atoms with Crippen LogP contribution >= 0.6 is 11.6 Å². The number of fused-ring (bicyclic) bond motifs is 1. The van der Waals surface area contributed by atoms with E-state index in [9.17, 15) is 14.0 Å². The first kappa shape index (κ1) is 19.4. The van der Waals surface area contributed by atoms with Crippen molar-refractivity contribution in [3.05, 3.63) is 57.0 Å². The first-order valence-corrected chi connectivity index (χ1v) is 9.04. The van der Waals surface area contributed by atoms with Gasteiger partial charge in [-0.1, -0.05) is 11.6 Å². The largest absolute Gasteiger partial charge is 0.458 e. The Bertz CT molecular complexity index is 917. The highest BCUT2D eigenvalue weighted by Gasteiger charge is 2.34. The zero-order valence-electron chi connectivity index (χ0n) is 15.4. The summed E-state index contributed by atoms with van der Waals surface area (Å²) in [7, 11) is 0. The maximum absolute atomic E-state index is 13.4. The molecule has 1 N–H and O–H groups in total. The lowest BCUT2D eigenvalue weighted by atomic mass is 10.1. The van der Waals surface area contributed by atoms with Crippen molar-refractivity contribution in [2.75, 3.05) is 5.32 Å². The number of ether oxygens (including phenoxy) is 1. The van der Waals surface area contributed by atoms with E-state index in [2.05, 4.69) is 10.3 Å². The third-order valence-corrected chi connectivity index (χ3v) is 4.33. The van der Waals surface area contributed by atoms with Gasteiger partial charge in [-0.05, 0) is 51.0 Å². The van der Waals surface area contributed by atoms with E-state index in [1.807, 2.05) is 0 Å². The summed E-state index contributed by atoms with van der Waals surface area (Å²) in [6.45, 7) is 5.54. The number of benzene rings is 1. The number of nitrogens with zero attached hydrogens (tertiary/aromatic N) is 2. The van der Waals surface area contributed by atoms with Crippen LogP contribution in [0.2, 0.25) is 5.02 Å². The number of carbonyl (C=O) groups is 1. The second-order valence-corrected chi connectivity index (χ2v) is 7.92. The molecule has 0 spiro atoms. The van der Waals surface area contributed by atoms with E-state index in [0.29, 0.717) is 24.2 Å². The maximum atomic E-state index is 13.4. The third kappa shape index (κ3) is 4.47. The minimum absolute atomic E-state index is 0.199. The predicted octanol–water partition coefficient (Wildman–Crippen LogP) is 3.48. The van der Waals surface area contributed by atoms with E-state index in [4.69, 9.17) is 16.3 Å². The number of aromatic nitrogens is 2. The summed E-state index contributed by atoms with van der Waals surface area (Å²) in [5.74, 6) is -0.345. The summed E-state index contributed by atoms with van der Waals surface area (Å²) in [6.07, 6.45) is 2.44. The Balaban J connectivity index is 1.83. The zero-order valence-corrected chi connectivity index (χ0v) is 16.1. The third-order valence-electron chi connectivity index (χ3n) is 4.11. The highest BCUT2D eigenvalue weighted by atomic mass is 35.5. The van der Waals surface area contributed by atoms with Crippen LogP contribution in [0.5, 0.6) is 0 Å². The van der Waals surface area contributed by atoms with Gasteiger partial charge in [-0.15, -0.1) is 0 Å². The molecule has 0 amide bonds. The molecule has 0 unspecified atom stereocenters. The fraction of sp³-hybridized carbons (Fsp3) is 0.421. The Labute approximate surface area is 161 Å². The Kier molecular flexibility index (Phi) is 5.24. The van der Waals surface area contributed by atoms with Gasteiger partial charge in [-0.25, -0.2) is 14.2 Å². The van der Waals surface area contributed by atoms with Crippen molar-refractivity contribution in [3.63, 3.8) is 0 Å². The molecule has 0 fully saturated rings. The molecule has 1 aromatic carbocycles. The van der Waals surface area contributed by atoms with Crippen LogP contribution in [0.1, 0.15) is 44.6 Å². The average molecular weight is 394 g/mol. The molecule has 144 valence electrons. The summed E-state index contributed by atoms with van der Waals surface area (Å²) in [4.78, 5) is 29.6. The van der Waals surface area contributed by atoms with Crippen molar-refractivity contribution in [2.24, 2.45) is 0 Å². The van der Waals surface area contributed by atoms with Crippen LogP contribution < -0.4 is 10.9 Å². The molecule has 1 aliphatic heterocycles. The molecule has 0 saturated heterocycles. The molecule has 8 heteroatoms. The number of nitrogens with one attached hydrogen (secondary N) is 1. The van der Waals surface area contributed by atoms with Crippen molar-refractivity contribution in [2.45, 2.75) is 51.8 Å². The Morgan fingerprint density at radius 1 is 1.41 bits per heavy atom. The van der Waals surface area contributed by atoms with Gasteiger partial charge in [-0.2, -0.15) is 0 Å². The molecule has 0 aliphatic carbocycles. The van der Waals surface area contributed by atoms with Gasteiger partial charge in [0.15, 0.2) is 0 Å². The van der Waals surface area contributed by atoms with Gasteiger partial charge in [0.05, 0.1) is 6.20 Å². The summed E-state index contributed by atoms with van der Waals surface area (Å²) < 4.78 is 20.3. The topological polar surface area (TPSA) is 73.2 Å². The van der Waals surface area contributed by atoms with Gasteiger partial charge in [0, 0.05) is 18.0 Å². The first-order valence-electron chi connectivity index (χ1n) is 8.66. The highest BCUT2D eigenvalue weighted by molar-refractivity contribution is 6.30. The molecule has 1 aliphatic rings. The molecule has 1 aromatic heterocycles. The van der Waals surface area contributed by atoms with Crippen molar-refractivity contribution in [3.8, 4) is 0 Å². The number of aryl methyl sites for hydroxylation is 1. The van der Waals surface area contributed by atoms with Gasteiger partial charge >= 0.3 is 5.97 Å². The van der Waals surface area contributed by atoms with Gasteiger partial charge in [0.25, 0.3) is 5.56 Å². The number of carbonyl (C=O) groups excluding carboxylic acids is 1. The number of halogens is 2. The molecular formula is C19H21ClFN3O3. The summed E-state index contributed by atoms with van der Waals surface area (Å²) in [6, 6.07) is 3.47. The molecule has 3 rings (SSSR count). The smallest absolute Gasteiger partial charge is 0.329 e. The van der Waals surface area contributed by atoms with Crippen LogP contribution in [0.15, 0.2) is 29.2 Å². The highest BCUT2D eigenvalue weighted by Crippen LogP contribution is 2.26. The van der Waals surface area contributed by atoms with E-state index in [0.717, 1.165) is 0 Å². The number of hydrogen-bond acceptors (Lipinski definition) is 5. The van der Waals surface area contributed by atoms with Gasteiger partial charge in [0.2, 0.25) is 0 Å². The van der Waals surface area contributed by atoms with Crippen molar-refractivity contribution in [1.29, 1.82) is 0 Å². The minimum atomic E-state index is -0.690. The van der Waals surface area contributed by atoms with Crippen molar-refractivity contribution in [1.82, 2.24) is 9.55 Å². The van der Waals surface area contributed by atoms with Crippen LogP contribution in [0.3, 0.4) is 0 Å². The molecule has 1 atom stereocenters. The Morgan fingerprint density at radius 2 is 2.15 bits per heavy atom. The van der Waals surface area contributed by atoms with Gasteiger partial charge in [0.1, 0.15) is 29.0 Å².